The Morgan fingerprint density at radius 1 is 0.900 bits per heavy atom. The van der Waals surface area contributed by atoms with E-state index < -0.39 is 0 Å². The van der Waals surface area contributed by atoms with E-state index in [9.17, 15) is 0 Å². The number of nitrogens with one attached hydrogen (secondary N) is 1. The van der Waals surface area contributed by atoms with Crippen molar-refractivity contribution in [2.45, 2.75) is 20.1 Å². The van der Waals surface area contributed by atoms with Crippen LogP contribution in [-0.2, 0) is 13.2 Å². The third kappa shape index (κ3) is 5.97. The number of hydrogen-bond donors (Lipinski definition) is 1. The SMILES string of the molecule is CCOc1cc(CNc2ccc(OC)cc2)c(Br)cc1OCc1ccc(Cl)c(Cl)c1. The van der Waals surface area contributed by atoms with Crippen LogP contribution in [0.4, 0.5) is 5.69 Å². The average molecular weight is 511 g/mol. The lowest BCUT2D eigenvalue weighted by Gasteiger charge is -2.16. The summed E-state index contributed by atoms with van der Waals surface area (Å²) >= 11 is 15.7. The zero-order valence-electron chi connectivity index (χ0n) is 16.7. The molecule has 0 aliphatic carbocycles. The number of benzene rings is 3. The van der Waals surface area contributed by atoms with Crippen molar-refractivity contribution in [2.75, 3.05) is 19.0 Å². The molecule has 7 heteroatoms. The second-order valence-corrected chi connectivity index (χ2v) is 8.11. The molecule has 1 N–H and O–H groups in total. The van der Waals surface area contributed by atoms with Crippen molar-refractivity contribution in [3.05, 3.63) is 80.2 Å². The fourth-order valence-electron chi connectivity index (χ4n) is 2.79. The van der Waals surface area contributed by atoms with Crippen molar-refractivity contribution in [1.82, 2.24) is 0 Å². The zero-order valence-corrected chi connectivity index (χ0v) is 19.8. The van der Waals surface area contributed by atoms with Gasteiger partial charge in [-0.25, -0.2) is 0 Å². The van der Waals surface area contributed by atoms with Gasteiger partial charge < -0.3 is 19.5 Å². The summed E-state index contributed by atoms with van der Waals surface area (Å²) in [5.41, 5.74) is 2.98. The maximum absolute atomic E-state index is 6.09. The molecule has 0 saturated carbocycles. The molecule has 0 heterocycles. The Morgan fingerprint density at radius 3 is 2.30 bits per heavy atom. The first kappa shape index (κ1) is 22.6. The molecule has 158 valence electrons. The maximum Gasteiger partial charge on any atom is 0.162 e. The van der Waals surface area contributed by atoms with Crippen molar-refractivity contribution in [2.24, 2.45) is 0 Å². The summed E-state index contributed by atoms with van der Waals surface area (Å²) in [7, 11) is 1.65. The third-order valence-electron chi connectivity index (χ3n) is 4.36. The molecule has 0 radical (unpaired) electrons. The highest BCUT2D eigenvalue weighted by molar-refractivity contribution is 9.10. The second-order valence-electron chi connectivity index (χ2n) is 6.44. The summed E-state index contributed by atoms with van der Waals surface area (Å²) in [4.78, 5) is 0. The molecule has 0 unspecified atom stereocenters. The van der Waals surface area contributed by atoms with Crippen molar-refractivity contribution >= 4 is 44.8 Å². The monoisotopic (exact) mass is 509 g/mol. The van der Waals surface area contributed by atoms with E-state index in [0.717, 1.165) is 27.0 Å². The normalized spacial score (nSPS) is 10.6. The highest BCUT2D eigenvalue weighted by Gasteiger charge is 2.12. The number of anilines is 1. The smallest absolute Gasteiger partial charge is 0.162 e. The van der Waals surface area contributed by atoms with Gasteiger partial charge in [-0.3, -0.25) is 0 Å². The third-order valence-corrected chi connectivity index (χ3v) is 5.84. The Morgan fingerprint density at radius 2 is 1.63 bits per heavy atom. The molecule has 3 aromatic rings. The number of rotatable bonds is 9. The molecule has 0 aromatic heterocycles. The Balaban J connectivity index is 1.72. The summed E-state index contributed by atoms with van der Waals surface area (Å²) in [5.74, 6) is 2.17. The molecule has 3 aromatic carbocycles. The van der Waals surface area contributed by atoms with Crippen LogP contribution in [0.25, 0.3) is 0 Å². The summed E-state index contributed by atoms with van der Waals surface area (Å²) in [5, 5.41) is 4.43. The fourth-order valence-corrected chi connectivity index (χ4v) is 3.57. The van der Waals surface area contributed by atoms with E-state index in [1.165, 1.54) is 0 Å². The van der Waals surface area contributed by atoms with Crippen molar-refractivity contribution in [1.29, 1.82) is 0 Å². The van der Waals surface area contributed by atoms with Gasteiger partial charge >= 0.3 is 0 Å². The van der Waals surface area contributed by atoms with Crippen LogP contribution in [0.3, 0.4) is 0 Å². The predicted octanol–water partition coefficient (Wildman–Crippen LogP) is 7.35. The quantitative estimate of drug-likeness (QED) is 0.326. The van der Waals surface area contributed by atoms with E-state index in [1.807, 2.05) is 49.4 Å². The van der Waals surface area contributed by atoms with Crippen molar-refractivity contribution < 1.29 is 14.2 Å². The number of hydrogen-bond acceptors (Lipinski definition) is 4. The van der Waals surface area contributed by atoms with Crippen LogP contribution < -0.4 is 19.5 Å². The lowest BCUT2D eigenvalue weighted by atomic mass is 10.2. The Bertz CT molecular complexity index is 996. The molecule has 0 atom stereocenters. The first-order valence-corrected chi connectivity index (χ1v) is 10.9. The summed E-state index contributed by atoms with van der Waals surface area (Å²) < 4.78 is 17.9. The van der Waals surface area contributed by atoms with Crippen molar-refractivity contribution in [3.8, 4) is 17.2 Å². The van der Waals surface area contributed by atoms with Gasteiger partial charge in [0.1, 0.15) is 12.4 Å². The Kier molecular flexibility index (Phi) is 8.14. The van der Waals surface area contributed by atoms with E-state index in [4.69, 9.17) is 37.4 Å². The molecule has 30 heavy (non-hydrogen) atoms. The number of methoxy groups -OCH3 is 1. The zero-order chi connectivity index (χ0) is 21.5. The van der Waals surface area contributed by atoms with Gasteiger partial charge in [0.05, 0.1) is 23.8 Å². The minimum Gasteiger partial charge on any atom is -0.497 e. The number of ether oxygens (including phenoxy) is 3. The first-order chi connectivity index (χ1) is 14.5. The maximum atomic E-state index is 6.09. The Hall–Kier alpha value is -2.08. The molecule has 0 aliphatic rings. The largest absolute Gasteiger partial charge is 0.497 e. The Labute approximate surface area is 195 Å². The van der Waals surface area contributed by atoms with Crippen LogP contribution in [0.1, 0.15) is 18.1 Å². The summed E-state index contributed by atoms with van der Waals surface area (Å²) in [6.45, 7) is 3.46. The topological polar surface area (TPSA) is 39.7 Å². The molecule has 0 amide bonds. The fraction of sp³-hybridized carbons (Fsp3) is 0.217. The van der Waals surface area contributed by atoms with Gasteiger partial charge in [-0.15, -0.1) is 0 Å². The molecule has 0 saturated heterocycles. The van der Waals surface area contributed by atoms with E-state index >= 15 is 0 Å². The highest BCUT2D eigenvalue weighted by Crippen LogP contribution is 2.35. The lowest BCUT2D eigenvalue weighted by Crippen LogP contribution is -2.04. The molecule has 0 spiro atoms. The van der Waals surface area contributed by atoms with E-state index in [2.05, 4.69) is 21.2 Å². The summed E-state index contributed by atoms with van der Waals surface area (Å²) in [6, 6.07) is 17.1. The van der Waals surface area contributed by atoms with Crippen LogP contribution >= 0.6 is 39.1 Å². The standard InChI is InChI=1S/C23H22BrCl2NO3/c1-3-29-22-11-16(13-27-17-5-7-18(28-2)8-6-17)19(24)12-23(22)30-14-15-4-9-20(25)21(26)10-15/h4-12,27H,3,13-14H2,1-2H3. The minimum absolute atomic E-state index is 0.354. The predicted molar refractivity (Wildman–Crippen MR) is 126 cm³/mol. The van der Waals surface area contributed by atoms with Gasteiger partial charge in [0, 0.05) is 16.7 Å². The highest BCUT2D eigenvalue weighted by atomic mass is 79.9. The molecule has 4 nitrogen and oxygen atoms in total. The summed E-state index contributed by atoms with van der Waals surface area (Å²) in [6.07, 6.45) is 0. The van der Waals surface area contributed by atoms with Crippen LogP contribution in [0.2, 0.25) is 10.0 Å². The second kappa shape index (κ2) is 10.8. The van der Waals surface area contributed by atoms with Gasteiger partial charge in [-0.2, -0.15) is 0 Å². The van der Waals surface area contributed by atoms with Crippen LogP contribution in [0.15, 0.2) is 59.1 Å². The molecular formula is C23H22BrCl2NO3. The van der Waals surface area contributed by atoms with Crippen molar-refractivity contribution in [3.63, 3.8) is 0 Å². The number of halogens is 3. The minimum atomic E-state index is 0.354. The van der Waals surface area contributed by atoms with Crippen LogP contribution in [0.5, 0.6) is 17.2 Å². The van der Waals surface area contributed by atoms with Gasteiger partial charge in [0.2, 0.25) is 0 Å². The molecule has 3 rings (SSSR count). The van der Waals surface area contributed by atoms with E-state index in [-0.39, 0.29) is 0 Å². The lowest BCUT2D eigenvalue weighted by molar-refractivity contribution is 0.269. The molecule has 0 bridgehead atoms. The van der Waals surface area contributed by atoms with Gasteiger partial charge in [0.15, 0.2) is 11.5 Å². The molecule has 0 aliphatic heterocycles. The van der Waals surface area contributed by atoms with Gasteiger partial charge in [0.25, 0.3) is 0 Å². The van der Waals surface area contributed by atoms with E-state index in [0.29, 0.717) is 41.3 Å². The molecule has 0 fully saturated rings. The molecular weight excluding hydrogens is 489 g/mol. The first-order valence-electron chi connectivity index (χ1n) is 9.40. The van der Waals surface area contributed by atoms with E-state index in [1.54, 1.807) is 19.2 Å². The van der Waals surface area contributed by atoms with Gasteiger partial charge in [-0.1, -0.05) is 45.2 Å². The van der Waals surface area contributed by atoms with Crippen LogP contribution in [-0.4, -0.2) is 13.7 Å². The van der Waals surface area contributed by atoms with Crippen LogP contribution in [0, 0.1) is 0 Å². The average Bonchev–Trinajstić information content (AvgIpc) is 2.75. The van der Waals surface area contributed by atoms with Gasteiger partial charge in [-0.05, 0) is 66.6 Å².